The van der Waals surface area contributed by atoms with Gasteiger partial charge in [-0.2, -0.15) is 0 Å². The van der Waals surface area contributed by atoms with Gasteiger partial charge in [-0.25, -0.2) is 0 Å². The fourth-order valence-electron chi connectivity index (χ4n) is 4.25. The van der Waals surface area contributed by atoms with E-state index in [0.29, 0.717) is 22.1 Å². The smallest absolute Gasteiger partial charge is 0.326 e. The molecule has 0 atom stereocenters. The zero-order chi connectivity index (χ0) is 21.7. The van der Waals surface area contributed by atoms with E-state index in [2.05, 4.69) is 15.9 Å². The van der Waals surface area contributed by atoms with E-state index in [4.69, 9.17) is 4.74 Å². The van der Waals surface area contributed by atoms with Crippen molar-refractivity contribution < 1.29 is 23.9 Å². The third-order valence-electron chi connectivity index (χ3n) is 5.77. The Morgan fingerprint density at radius 2 is 1.42 bits per heavy atom. The lowest BCUT2D eigenvalue weighted by molar-refractivity contribution is -0.142. The molecule has 0 spiro atoms. The van der Waals surface area contributed by atoms with Crippen LogP contribution in [0.4, 0.5) is 0 Å². The van der Waals surface area contributed by atoms with Gasteiger partial charge in [-0.3, -0.25) is 24.1 Å². The molecule has 5 rings (SSSR count). The maximum absolute atomic E-state index is 13.0. The Hall–Kier alpha value is -3.32. The van der Waals surface area contributed by atoms with Crippen molar-refractivity contribution in [1.29, 1.82) is 0 Å². The topological polar surface area (TPSA) is 80.8 Å². The van der Waals surface area contributed by atoms with E-state index in [-0.39, 0.29) is 5.78 Å². The molecule has 1 aliphatic carbocycles. The standard InChI is InChI=1S/C24H16BrNO5/c25-16-7-3-13(4-8-16)19(27)12-31-20(28)11-26-23(29)17-9-5-14-1-2-15-6-10-18(24(26)30)22(17)21(14)15/h3-10H,1-2,11-12H2. The summed E-state index contributed by atoms with van der Waals surface area (Å²) in [6, 6.07) is 13.9. The first-order chi connectivity index (χ1) is 14.9. The van der Waals surface area contributed by atoms with Gasteiger partial charge in [0.2, 0.25) is 0 Å². The van der Waals surface area contributed by atoms with Crippen molar-refractivity contribution in [2.45, 2.75) is 12.8 Å². The molecule has 6 nitrogen and oxygen atoms in total. The van der Waals surface area contributed by atoms with E-state index < -0.39 is 30.9 Å². The fourth-order valence-corrected chi connectivity index (χ4v) is 4.52. The van der Waals surface area contributed by atoms with Crippen LogP contribution in [-0.4, -0.2) is 41.6 Å². The number of ether oxygens (including phenoxy) is 1. The second kappa shape index (κ2) is 7.42. The zero-order valence-electron chi connectivity index (χ0n) is 16.3. The van der Waals surface area contributed by atoms with Crippen molar-refractivity contribution in [1.82, 2.24) is 4.90 Å². The van der Waals surface area contributed by atoms with Gasteiger partial charge in [-0.15, -0.1) is 0 Å². The van der Waals surface area contributed by atoms with E-state index in [1.807, 2.05) is 12.1 Å². The van der Waals surface area contributed by atoms with Gasteiger partial charge < -0.3 is 4.74 Å². The van der Waals surface area contributed by atoms with Gasteiger partial charge in [0.1, 0.15) is 6.54 Å². The minimum Gasteiger partial charge on any atom is -0.456 e. The van der Waals surface area contributed by atoms with E-state index in [1.54, 1.807) is 36.4 Å². The molecule has 31 heavy (non-hydrogen) atoms. The number of ketones is 1. The predicted octanol–water partition coefficient (Wildman–Crippen LogP) is 3.72. The van der Waals surface area contributed by atoms with Gasteiger partial charge in [0.05, 0.1) is 0 Å². The molecule has 7 heteroatoms. The first-order valence-electron chi connectivity index (χ1n) is 9.82. The maximum Gasteiger partial charge on any atom is 0.326 e. The SMILES string of the molecule is O=C(CN1C(=O)c2ccc3c4c(ccc(c24)C1=O)CC3)OCC(=O)c1ccc(Br)cc1. The van der Waals surface area contributed by atoms with Crippen LogP contribution in [0.5, 0.6) is 0 Å². The summed E-state index contributed by atoms with van der Waals surface area (Å²) in [5.74, 6) is -2.23. The Kier molecular flexibility index (Phi) is 4.70. The summed E-state index contributed by atoms with van der Waals surface area (Å²) >= 11 is 3.29. The van der Waals surface area contributed by atoms with Gasteiger partial charge in [-0.05, 0) is 53.6 Å². The number of imide groups is 1. The number of Topliss-reactive ketones (excluding diaryl/α,β-unsaturated/α-hetero) is 1. The minimum atomic E-state index is -0.815. The number of hydrogen-bond donors (Lipinski definition) is 0. The van der Waals surface area contributed by atoms with Gasteiger partial charge in [-0.1, -0.05) is 40.2 Å². The Labute approximate surface area is 185 Å². The highest BCUT2D eigenvalue weighted by molar-refractivity contribution is 9.10. The number of aryl methyl sites for hydroxylation is 2. The van der Waals surface area contributed by atoms with Crippen LogP contribution in [0.2, 0.25) is 0 Å². The number of nitrogens with zero attached hydrogens (tertiary/aromatic N) is 1. The Morgan fingerprint density at radius 1 is 0.839 bits per heavy atom. The fraction of sp³-hybridized carbons (Fsp3) is 0.167. The molecule has 0 fully saturated rings. The van der Waals surface area contributed by atoms with Crippen LogP contribution in [0, 0.1) is 0 Å². The van der Waals surface area contributed by atoms with Gasteiger partial charge in [0, 0.05) is 26.5 Å². The number of amides is 2. The first kappa shape index (κ1) is 19.6. The molecule has 0 saturated carbocycles. The summed E-state index contributed by atoms with van der Waals surface area (Å²) in [6.45, 7) is -1.01. The molecule has 3 aromatic carbocycles. The Morgan fingerprint density at radius 3 is 2.00 bits per heavy atom. The van der Waals surface area contributed by atoms with Crippen LogP contribution < -0.4 is 0 Å². The van der Waals surface area contributed by atoms with E-state index in [1.165, 1.54) is 0 Å². The zero-order valence-corrected chi connectivity index (χ0v) is 17.9. The summed E-state index contributed by atoms with van der Waals surface area (Å²) in [5.41, 5.74) is 3.50. The third kappa shape index (κ3) is 3.25. The highest BCUT2D eigenvalue weighted by Gasteiger charge is 2.36. The van der Waals surface area contributed by atoms with Crippen LogP contribution in [0.1, 0.15) is 42.2 Å². The number of halogens is 1. The second-order valence-electron chi connectivity index (χ2n) is 7.58. The average molecular weight is 478 g/mol. The van der Waals surface area contributed by atoms with Crippen molar-refractivity contribution in [2.24, 2.45) is 0 Å². The quantitative estimate of drug-likeness (QED) is 0.317. The van der Waals surface area contributed by atoms with E-state index in [0.717, 1.165) is 38.7 Å². The first-order valence-corrected chi connectivity index (χ1v) is 10.6. The molecule has 1 heterocycles. The monoisotopic (exact) mass is 477 g/mol. The second-order valence-corrected chi connectivity index (χ2v) is 8.50. The van der Waals surface area contributed by atoms with Crippen LogP contribution >= 0.6 is 15.9 Å². The number of carbonyl (C=O) groups is 4. The van der Waals surface area contributed by atoms with Crippen molar-refractivity contribution in [2.75, 3.05) is 13.2 Å². The molecule has 0 saturated heterocycles. The van der Waals surface area contributed by atoms with E-state index in [9.17, 15) is 19.2 Å². The summed E-state index contributed by atoms with van der Waals surface area (Å²) in [4.78, 5) is 51.4. The van der Waals surface area contributed by atoms with Crippen molar-refractivity contribution >= 4 is 50.3 Å². The predicted molar refractivity (Wildman–Crippen MR) is 116 cm³/mol. The number of rotatable bonds is 5. The molecule has 0 radical (unpaired) electrons. The molecule has 0 bridgehead atoms. The highest BCUT2D eigenvalue weighted by Crippen LogP contribution is 2.38. The molecule has 3 aromatic rings. The molecule has 0 unspecified atom stereocenters. The van der Waals surface area contributed by atoms with Crippen LogP contribution in [-0.2, 0) is 22.4 Å². The molecule has 0 aromatic heterocycles. The van der Waals surface area contributed by atoms with E-state index >= 15 is 0 Å². The number of benzene rings is 3. The summed E-state index contributed by atoms with van der Waals surface area (Å²) in [5, 5.41) is 1.66. The van der Waals surface area contributed by atoms with Crippen LogP contribution in [0.25, 0.3) is 10.8 Å². The lowest BCUT2D eigenvalue weighted by Crippen LogP contribution is -2.44. The number of hydrogen-bond acceptors (Lipinski definition) is 5. The molecule has 154 valence electrons. The van der Waals surface area contributed by atoms with Crippen LogP contribution in [0.15, 0.2) is 53.0 Å². The average Bonchev–Trinajstić information content (AvgIpc) is 3.20. The van der Waals surface area contributed by atoms with Gasteiger partial charge in [0.25, 0.3) is 11.8 Å². The lowest BCUT2D eigenvalue weighted by atomic mass is 9.91. The van der Waals surface area contributed by atoms with Crippen molar-refractivity contribution in [3.05, 3.63) is 80.8 Å². The third-order valence-corrected chi connectivity index (χ3v) is 6.29. The minimum absolute atomic E-state index is 0.370. The summed E-state index contributed by atoms with van der Waals surface area (Å²) < 4.78 is 5.88. The Balaban J connectivity index is 1.34. The molecule has 2 aliphatic rings. The van der Waals surface area contributed by atoms with Gasteiger partial charge >= 0.3 is 5.97 Å². The molecule has 2 amide bonds. The Bertz CT molecular complexity index is 1240. The summed E-state index contributed by atoms with van der Waals surface area (Å²) in [6.07, 6.45) is 1.78. The lowest BCUT2D eigenvalue weighted by Gasteiger charge is -2.26. The normalized spacial score (nSPS) is 14.3. The number of esters is 1. The number of carbonyl (C=O) groups excluding carboxylic acids is 4. The molecular weight excluding hydrogens is 462 g/mol. The maximum atomic E-state index is 13.0. The molecule has 0 N–H and O–H groups in total. The highest BCUT2D eigenvalue weighted by atomic mass is 79.9. The van der Waals surface area contributed by atoms with Crippen molar-refractivity contribution in [3.63, 3.8) is 0 Å². The molecule has 1 aliphatic heterocycles. The summed E-state index contributed by atoms with van der Waals surface area (Å²) in [7, 11) is 0. The molecular formula is C24H16BrNO5. The largest absolute Gasteiger partial charge is 0.456 e. The van der Waals surface area contributed by atoms with Crippen molar-refractivity contribution in [3.8, 4) is 0 Å². The van der Waals surface area contributed by atoms with Gasteiger partial charge in [0.15, 0.2) is 12.4 Å². The van der Waals surface area contributed by atoms with Crippen LogP contribution in [0.3, 0.4) is 0 Å².